The number of halogens is 2. The van der Waals surface area contributed by atoms with Crippen LogP contribution in [0.15, 0.2) is 53.0 Å². The van der Waals surface area contributed by atoms with Gasteiger partial charge in [0.1, 0.15) is 0 Å². The Morgan fingerprint density at radius 1 is 1.20 bits per heavy atom. The highest BCUT2D eigenvalue weighted by Gasteiger charge is 2.18. The van der Waals surface area contributed by atoms with E-state index in [1.807, 2.05) is 30.3 Å². The first-order valence-corrected chi connectivity index (χ1v) is 7.81. The van der Waals surface area contributed by atoms with Crippen LogP contribution in [0.2, 0.25) is 5.02 Å². The molecule has 20 heavy (non-hydrogen) atoms. The van der Waals surface area contributed by atoms with E-state index in [4.69, 9.17) is 17.3 Å². The summed E-state index contributed by atoms with van der Waals surface area (Å²) in [6.07, 6.45) is 0. The van der Waals surface area contributed by atoms with E-state index in [2.05, 4.69) is 46.0 Å². The zero-order valence-corrected chi connectivity index (χ0v) is 13.7. The maximum absolute atomic E-state index is 6.20. The molecule has 106 valence electrons. The van der Waals surface area contributed by atoms with Gasteiger partial charge in [0.05, 0.1) is 11.1 Å². The van der Waals surface area contributed by atoms with Crippen LogP contribution in [0.25, 0.3) is 0 Å². The monoisotopic (exact) mass is 352 g/mol. The summed E-state index contributed by atoms with van der Waals surface area (Å²) in [5, 5.41) is 0.713. The predicted molar refractivity (Wildman–Crippen MR) is 90.4 cm³/mol. The molecule has 4 heteroatoms. The Kier molecular flexibility index (Phi) is 5.46. The first-order valence-electron chi connectivity index (χ1n) is 6.64. The van der Waals surface area contributed by atoms with Crippen molar-refractivity contribution in [2.45, 2.75) is 13.0 Å². The zero-order chi connectivity index (χ0) is 14.5. The summed E-state index contributed by atoms with van der Waals surface area (Å²) >= 11 is 9.63. The molecule has 0 aliphatic carbocycles. The lowest BCUT2D eigenvalue weighted by molar-refractivity contribution is 0.643. The molecule has 2 aromatic rings. The van der Waals surface area contributed by atoms with Gasteiger partial charge in [-0.25, -0.2) is 0 Å². The number of nitrogens with zero attached hydrogens (tertiary/aromatic N) is 1. The molecule has 0 fully saturated rings. The predicted octanol–water partition coefficient (Wildman–Crippen LogP) is 4.63. The minimum Gasteiger partial charge on any atom is -0.363 e. The minimum atomic E-state index is 0.119. The lowest BCUT2D eigenvalue weighted by Gasteiger charge is -2.32. The molecule has 0 radical (unpaired) electrons. The van der Waals surface area contributed by atoms with E-state index >= 15 is 0 Å². The van der Waals surface area contributed by atoms with Crippen LogP contribution in [0.4, 0.5) is 5.69 Å². The van der Waals surface area contributed by atoms with E-state index < -0.39 is 0 Å². The Labute approximate surface area is 133 Å². The zero-order valence-electron chi connectivity index (χ0n) is 11.4. The summed E-state index contributed by atoms with van der Waals surface area (Å²) in [6, 6.07) is 16.4. The van der Waals surface area contributed by atoms with Crippen LogP contribution in [0.3, 0.4) is 0 Å². The van der Waals surface area contributed by atoms with Crippen molar-refractivity contribution in [1.29, 1.82) is 0 Å². The fraction of sp³-hybridized carbons (Fsp3) is 0.250. The highest BCUT2D eigenvalue weighted by Crippen LogP contribution is 2.30. The molecule has 0 bridgehead atoms. The molecule has 1 unspecified atom stereocenters. The van der Waals surface area contributed by atoms with Crippen molar-refractivity contribution in [2.24, 2.45) is 5.73 Å². The van der Waals surface area contributed by atoms with Gasteiger partial charge in [0, 0.05) is 23.2 Å². The van der Waals surface area contributed by atoms with Crippen LogP contribution in [-0.2, 0) is 0 Å². The van der Waals surface area contributed by atoms with Gasteiger partial charge < -0.3 is 10.6 Å². The summed E-state index contributed by atoms with van der Waals surface area (Å²) in [7, 11) is 0. The Hall–Kier alpha value is -1.03. The van der Waals surface area contributed by atoms with Gasteiger partial charge in [-0.2, -0.15) is 0 Å². The molecule has 0 spiro atoms. The number of rotatable bonds is 5. The molecular weight excluding hydrogens is 336 g/mol. The molecule has 0 heterocycles. The number of likely N-dealkylation sites (N-methyl/N-ethyl adjacent to an activating group) is 1. The standard InChI is InChI=1S/C16H18BrClN2/c1-2-20(13-6-4-3-5-7-13)16(11-19)12-8-9-14(17)15(18)10-12/h3-10,16H,2,11,19H2,1H3. The first-order chi connectivity index (χ1) is 9.67. The lowest BCUT2D eigenvalue weighted by Crippen LogP contribution is -2.33. The van der Waals surface area contributed by atoms with E-state index in [1.165, 1.54) is 5.69 Å². The van der Waals surface area contributed by atoms with Crippen LogP contribution in [0.1, 0.15) is 18.5 Å². The highest BCUT2D eigenvalue weighted by atomic mass is 79.9. The maximum Gasteiger partial charge on any atom is 0.0665 e. The number of para-hydroxylation sites is 1. The fourth-order valence-corrected chi connectivity index (χ4v) is 2.80. The van der Waals surface area contributed by atoms with Crippen molar-refractivity contribution in [3.63, 3.8) is 0 Å². The van der Waals surface area contributed by atoms with Crippen LogP contribution < -0.4 is 10.6 Å². The first kappa shape index (κ1) is 15.4. The fourth-order valence-electron chi connectivity index (χ4n) is 2.37. The topological polar surface area (TPSA) is 29.3 Å². The smallest absolute Gasteiger partial charge is 0.0665 e. The minimum absolute atomic E-state index is 0.119. The SMILES string of the molecule is CCN(c1ccccc1)C(CN)c1ccc(Br)c(Cl)c1. The molecule has 0 aromatic heterocycles. The highest BCUT2D eigenvalue weighted by molar-refractivity contribution is 9.10. The molecule has 0 aliphatic heterocycles. The third-order valence-electron chi connectivity index (χ3n) is 3.36. The van der Waals surface area contributed by atoms with Gasteiger partial charge in [0.25, 0.3) is 0 Å². The number of nitrogens with two attached hydrogens (primary N) is 1. The molecule has 0 saturated heterocycles. The Morgan fingerprint density at radius 2 is 1.90 bits per heavy atom. The van der Waals surface area contributed by atoms with Crippen molar-refractivity contribution in [3.05, 3.63) is 63.6 Å². The Morgan fingerprint density at radius 3 is 2.45 bits per heavy atom. The van der Waals surface area contributed by atoms with E-state index in [0.717, 1.165) is 16.6 Å². The Bertz CT molecular complexity index is 560. The lowest BCUT2D eigenvalue weighted by atomic mass is 10.0. The molecule has 2 aromatic carbocycles. The largest absolute Gasteiger partial charge is 0.363 e. The van der Waals surface area contributed by atoms with E-state index in [0.29, 0.717) is 11.6 Å². The van der Waals surface area contributed by atoms with Crippen molar-refractivity contribution >= 4 is 33.2 Å². The van der Waals surface area contributed by atoms with Gasteiger partial charge in [-0.05, 0) is 52.7 Å². The quantitative estimate of drug-likeness (QED) is 0.849. The Balaban J connectivity index is 2.36. The van der Waals surface area contributed by atoms with Crippen LogP contribution >= 0.6 is 27.5 Å². The van der Waals surface area contributed by atoms with Gasteiger partial charge in [-0.1, -0.05) is 35.9 Å². The van der Waals surface area contributed by atoms with Crippen LogP contribution in [-0.4, -0.2) is 13.1 Å². The molecular formula is C16H18BrClN2. The molecule has 2 N–H and O–H groups in total. The third kappa shape index (κ3) is 3.35. The summed E-state index contributed by atoms with van der Waals surface area (Å²) in [5.41, 5.74) is 8.31. The van der Waals surface area contributed by atoms with Crippen LogP contribution in [0.5, 0.6) is 0 Å². The number of anilines is 1. The second-order valence-electron chi connectivity index (χ2n) is 4.55. The number of hydrogen-bond acceptors (Lipinski definition) is 2. The summed E-state index contributed by atoms with van der Waals surface area (Å²) < 4.78 is 0.904. The average Bonchev–Trinajstić information content (AvgIpc) is 2.48. The summed E-state index contributed by atoms with van der Waals surface area (Å²) in [6.45, 7) is 3.57. The molecule has 0 amide bonds. The van der Waals surface area contributed by atoms with Crippen molar-refractivity contribution < 1.29 is 0 Å². The van der Waals surface area contributed by atoms with Crippen molar-refractivity contribution in [3.8, 4) is 0 Å². The third-order valence-corrected chi connectivity index (χ3v) is 4.59. The second-order valence-corrected chi connectivity index (χ2v) is 5.81. The molecule has 2 rings (SSSR count). The summed E-state index contributed by atoms with van der Waals surface area (Å²) in [5.74, 6) is 0. The average molecular weight is 354 g/mol. The molecule has 0 saturated carbocycles. The molecule has 2 nitrogen and oxygen atoms in total. The van der Waals surface area contributed by atoms with Gasteiger partial charge in [0.2, 0.25) is 0 Å². The van der Waals surface area contributed by atoms with Crippen LogP contribution in [0, 0.1) is 0 Å². The number of benzene rings is 2. The normalized spacial score (nSPS) is 12.2. The molecule has 1 atom stereocenters. The van der Waals surface area contributed by atoms with Gasteiger partial charge in [-0.15, -0.1) is 0 Å². The van der Waals surface area contributed by atoms with E-state index in [-0.39, 0.29) is 6.04 Å². The molecule has 0 aliphatic rings. The van der Waals surface area contributed by atoms with E-state index in [1.54, 1.807) is 0 Å². The maximum atomic E-state index is 6.20. The van der Waals surface area contributed by atoms with Gasteiger partial charge in [0.15, 0.2) is 0 Å². The summed E-state index contributed by atoms with van der Waals surface area (Å²) in [4.78, 5) is 2.29. The van der Waals surface area contributed by atoms with Crippen molar-refractivity contribution in [2.75, 3.05) is 18.0 Å². The number of hydrogen-bond donors (Lipinski definition) is 1. The van der Waals surface area contributed by atoms with Gasteiger partial charge >= 0.3 is 0 Å². The van der Waals surface area contributed by atoms with Crippen molar-refractivity contribution in [1.82, 2.24) is 0 Å². The second kappa shape index (κ2) is 7.11. The van der Waals surface area contributed by atoms with Gasteiger partial charge in [-0.3, -0.25) is 0 Å². The van der Waals surface area contributed by atoms with E-state index in [9.17, 15) is 0 Å².